The van der Waals surface area contributed by atoms with Gasteiger partial charge in [0.15, 0.2) is 0 Å². The fourth-order valence-electron chi connectivity index (χ4n) is 2.99. The van der Waals surface area contributed by atoms with Gasteiger partial charge in [-0.2, -0.15) is 13.2 Å². The van der Waals surface area contributed by atoms with Gasteiger partial charge in [-0.15, -0.1) is 0 Å². The van der Waals surface area contributed by atoms with Gasteiger partial charge in [0, 0.05) is 37.8 Å². The zero-order valence-electron chi connectivity index (χ0n) is 13.6. The molecular formula is C17H24F4N2. The van der Waals surface area contributed by atoms with E-state index in [1.165, 1.54) is 6.07 Å². The van der Waals surface area contributed by atoms with Gasteiger partial charge in [0.05, 0.1) is 5.56 Å². The summed E-state index contributed by atoms with van der Waals surface area (Å²) in [5, 5.41) is 3.25. The van der Waals surface area contributed by atoms with E-state index in [0.717, 1.165) is 45.1 Å². The third kappa shape index (κ3) is 4.91. The number of halogens is 4. The molecule has 0 saturated carbocycles. The van der Waals surface area contributed by atoms with Gasteiger partial charge < -0.3 is 5.32 Å². The highest BCUT2D eigenvalue weighted by Crippen LogP contribution is 2.34. The van der Waals surface area contributed by atoms with Crippen molar-refractivity contribution in [3.63, 3.8) is 0 Å². The Hall–Kier alpha value is -1.14. The topological polar surface area (TPSA) is 15.3 Å². The molecule has 0 aliphatic carbocycles. The Balaban J connectivity index is 2.26. The molecule has 1 N–H and O–H groups in total. The largest absolute Gasteiger partial charge is 0.416 e. The molecule has 0 radical (unpaired) electrons. The van der Waals surface area contributed by atoms with E-state index in [0.29, 0.717) is 17.5 Å². The first-order valence-corrected chi connectivity index (χ1v) is 8.10. The summed E-state index contributed by atoms with van der Waals surface area (Å²) < 4.78 is 52.5. The van der Waals surface area contributed by atoms with Crippen molar-refractivity contribution in [2.75, 3.05) is 26.2 Å². The minimum Gasteiger partial charge on any atom is -0.314 e. The number of rotatable bonds is 5. The van der Waals surface area contributed by atoms with Gasteiger partial charge in [-0.3, -0.25) is 4.90 Å². The van der Waals surface area contributed by atoms with Crippen molar-refractivity contribution in [1.29, 1.82) is 0 Å². The first kappa shape index (κ1) is 18.2. The number of alkyl halides is 3. The normalized spacial score (nSPS) is 18.4. The second-order valence-corrected chi connectivity index (χ2v) is 6.51. The second kappa shape index (κ2) is 7.62. The highest BCUT2D eigenvalue weighted by molar-refractivity contribution is 5.29. The molecule has 1 aromatic carbocycles. The third-order valence-electron chi connectivity index (χ3n) is 4.30. The standard InChI is InChI=1S/C17H24F4N2/c1-12(2)3-6-16(23-9-7-22-8-10-23)14-5-4-13(11-15(14)18)17(19,20)21/h4-5,11-12,16,22H,3,6-10H2,1-2H3/t16-/m0/s1. The molecule has 0 spiro atoms. The molecule has 23 heavy (non-hydrogen) atoms. The van der Waals surface area contributed by atoms with Crippen molar-refractivity contribution in [2.24, 2.45) is 5.92 Å². The van der Waals surface area contributed by atoms with Crippen molar-refractivity contribution in [3.05, 3.63) is 35.1 Å². The molecule has 1 aliphatic heterocycles. The highest BCUT2D eigenvalue weighted by atomic mass is 19.4. The summed E-state index contributed by atoms with van der Waals surface area (Å²) in [6.07, 6.45) is -2.85. The predicted octanol–water partition coefficient (Wildman–Crippen LogP) is 4.23. The summed E-state index contributed by atoms with van der Waals surface area (Å²) in [5.41, 5.74) is -0.553. The number of nitrogens with one attached hydrogen (secondary N) is 1. The smallest absolute Gasteiger partial charge is 0.314 e. The molecule has 1 aliphatic rings. The Morgan fingerprint density at radius 3 is 2.30 bits per heavy atom. The fraction of sp³-hybridized carbons (Fsp3) is 0.647. The summed E-state index contributed by atoms with van der Waals surface area (Å²) in [7, 11) is 0. The first-order valence-electron chi connectivity index (χ1n) is 8.10. The zero-order chi connectivity index (χ0) is 17.0. The molecular weight excluding hydrogens is 308 g/mol. The first-order chi connectivity index (χ1) is 10.8. The molecule has 0 bridgehead atoms. The van der Waals surface area contributed by atoms with E-state index in [-0.39, 0.29) is 6.04 Å². The Bertz CT molecular complexity index is 508. The van der Waals surface area contributed by atoms with Crippen molar-refractivity contribution in [1.82, 2.24) is 10.2 Å². The monoisotopic (exact) mass is 332 g/mol. The van der Waals surface area contributed by atoms with Crippen LogP contribution in [0.15, 0.2) is 18.2 Å². The Kier molecular flexibility index (Phi) is 6.03. The molecule has 130 valence electrons. The van der Waals surface area contributed by atoms with Crippen LogP contribution in [0.3, 0.4) is 0 Å². The van der Waals surface area contributed by atoms with Gasteiger partial charge in [0.2, 0.25) is 0 Å². The third-order valence-corrected chi connectivity index (χ3v) is 4.30. The van der Waals surface area contributed by atoms with Gasteiger partial charge in [-0.25, -0.2) is 4.39 Å². The van der Waals surface area contributed by atoms with Crippen LogP contribution in [0.5, 0.6) is 0 Å². The average molecular weight is 332 g/mol. The number of hydrogen-bond donors (Lipinski definition) is 1. The van der Waals surface area contributed by atoms with E-state index in [4.69, 9.17) is 0 Å². The fourth-order valence-corrected chi connectivity index (χ4v) is 2.99. The van der Waals surface area contributed by atoms with Gasteiger partial charge in [-0.1, -0.05) is 19.9 Å². The van der Waals surface area contributed by atoms with Crippen molar-refractivity contribution < 1.29 is 17.6 Å². The van der Waals surface area contributed by atoms with E-state index in [1.54, 1.807) is 0 Å². The van der Waals surface area contributed by atoms with Gasteiger partial charge in [0.1, 0.15) is 5.82 Å². The maximum absolute atomic E-state index is 14.4. The minimum absolute atomic E-state index is 0.165. The van der Waals surface area contributed by atoms with Crippen LogP contribution in [0.1, 0.15) is 43.9 Å². The number of hydrogen-bond acceptors (Lipinski definition) is 2. The van der Waals surface area contributed by atoms with E-state index >= 15 is 0 Å². The Labute approximate surface area is 134 Å². The van der Waals surface area contributed by atoms with Crippen LogP contribution in [0.4, 0.5) is 17.6 Å². The molecule has 1 saturated heterocycles. The lowest BCUT2D eigenvalue weighted by molar-refractivity contribution is -0.137. The molecule has 1 fully saturated rings. The molecule has 0 amide bonds. The second-order valence-electron chi connectivity index (χ2n) is 6.51. The quantitative estimate of drug-likeness (QED) is 0.812. The molecule has 1 heterocycles. The molecule has 1 aromatic rings. The maximum atomic E-state index is 14.4. The van der Waals surface area contributed by atoms with Crippen LogP contribution >= 0.6 is 0 Å². The summed E-state index contributed by atoms with van der Waals surface area (Å²) in [6, 6.07) is 2.76. The molecule has 1 atom stereocenters. The van der Waals surface area contributed by atoms with Gasteiger partial charge in [-0.05, 0) is 30.9 Å². The van der Waals surface area contributed by atoms with Gasteiger partial charge >= 0.3 is 6.18 Å². The molecule has 2 nitrogen and oxygen atoms in total. The van der Waals surface area contributed by atoms with E-state index < -0.39 is 17.6 Å². The number of benzene rings is 1. The van der Waals surface area contributed by atoms with Crippen LogP contribution in [0.2, 0.25) is 0 Å². The van der Waals surface area contributed by atoms with Gasteiger partial charge in [0.25, 0.3) is 0 Å². The molecule has 2 rings (SSSR count). The lowest BCUT2D eigenvalue weighted by Gasteiger charge is -2.36. The van der Waals surface area contributed by atoms with E-state index in [9.17, 15) is 17.6 Å². The van der Waals surface area contributed by atoms with Crippen molar-refractivity contribution in [3.8, 4) is 0 Å². The van der Waals surface area contributed by atoms with Crippen molar-refractivity contribution in [2.45, 2.75) is 38.9 Å². The van der Waals surface area contributed by atoms with E-state index in [1.807, 2.05) is 0 Å². The SMILES string of the molecule is CC(C)CC[C@@H](c1ccc(C(F)(F)F)cc1F)N1CCNCC1. The van der Waals surface area contributed by atoms with Crippen LogP contribution in [-0.4, -0.2) is 31.1 Å². The van der Waals surface area contributed by atoms with E-state index in [2.05, 4.69) is 24.1 Å². The summed E-state index contributed by atoms with van der Waals surface area (Å²) in [4.78, 5) is 2.17. The lowest BCUT2D eigenvalue weighted by atomic mass is 9.94. The van der Waals surface area contributed by atoms with Crippen LogP contribution in [0.25, 0.3) is 0 Å². The van der Waals surface area contributed by atoms with Crippen LogP contribution in [-0.2, 0) is 6.18 Å². The number of piperazine rings is 1. The Morgan fingerprint density at radius 1 is 1.13 bits per heavy atom. The summed E-state index contributed by atoms with van der Waals surface area (Å²) >= 11 is 0. The molecule has 0 aromatic heterocycles. The lowest BCUT2D eigenvalue weighted by Crippen LogP contribution is -2.45. The zero-order valence-corrected chi connectivity index (χ0v) is 13.6. The highest BCUT2D eigenvalue weighted by Gasteiger charge is 2.32. The van der Waals surface area contributed by atoms with Crippen LogP contribution < -0.4 is 5.32 Å². The predicted molar refractivity (Wildman–Crippen MR) is 82.7 cm³/mol. The summed E-state index contributed by atoms with van der Waals surface area (Å²) in [6.45, 7) is 7.39. The molecule has 6 heteroatoms. The summed E-state index contributed by atoms with van der Waals surface area (Å²) in [5.74, 6) is -0.287. The Morgan fingerprint density at radius 2 is 1.78 bits per heavy atom. The number of nitrogens with zero attached hydrogens (tertiary/aromatic N) is 1. The van der Waals surface area contributed by atoms with Crippen molar-refractivity contribution >= 4 is 0 Å². The molecule has 0 unspecified atom stereocenters. The maximum Gasteiger partial charge on any atom is 0.416 e. The average Bonchev–Trinajstić information content (AvgIpc) is 2.48. The minimum atomic E-state index is -4.51. The van der Waals surface area contributed by atoms with Crippen LogP contribution in [0, 0.1) is 11.7 Å².